The number of nitrogens with one attached hydrogen (secondary N) is 1. The number of hydrogen-bond donors (Lipinski definition) is 3. The Morgan fingerprint density at radius 1 is 1.37 bits per heavy atom. The molecular formula is C13H17NO5. The average molecular weight is 267 g/mol. The smallest absolute Gasteiger partial charge is 0.305 e. The molecule has 2 atom stereocenters. The number of likely N-dealkylation sites (N-methyl/N-ethyl adjacent to an activating group) is 1. The molecule has 0 fully saturated rings. The van der Waals surface area contributed by atoms with Gasteiger partial charge in [-0.15, -0.1) is 0 Å². The van der Waals surface area contributed by atoms with Gasteiger partial charge >= 0.3 is 5.97 Å². The predicted molar refractivity (Wildman–Crippen MR) is 67.5 cm³/mol. The maximum Gasteiger partial charge on any atom is 0.305 e. The summed E-state index contributed by atoms with van der Waals surface area (Å²) < 4.78 is 10.8. The summed E-state index contributed by atoms with van der Waals surface area (Å²) in [5.74, 6) is 0.255. The van der Waals surface area contributed by atoms with Crippen LogP contribution in [0.1, 0.15) is 18.1 Å². The molecule has 6 heteroatoms. The van der Waals surface area contributed by atoms with E-state index in [2.05, 4.69) is 5.32 Å². The molecule has 0 aromatic heterocycles. The fourth-order valence-electron chi connectivity index (χ4n) is 2.04. The minimum atomic E-state index is -0.962. The molecule has 0 radical (unpaired) electrons. The summed E-state index contributed by atoms with van der Waals surface area (Å²) >= 11 is 0. The highest BCUT2D eigenvalue weighted by atomic mass is 16.6. The topological polar surface area (TPSA) is 88.0 Å². The zero-order valence-corrected chi connectivity index (χ0v) is 10.6. The van der Waals surface area contributed by atoms with Crippen molar-refractivity contribution < 1.29 is 24.5 Å². The number of carboxylic acid groups (broad SMARTS) is 1. The van der Waals surface area contributed by atoms with Crippen LogP contribution in [0.25, 0.3) is 0 Å². The lowest BCUT2D eigenvalue weighted by Gasteiger charge is -2.24. The van der Waals surface area contributed by atoms with Gasteiger partial charge < -0.3 is 25.0 Å². The van der Waals surface area contributed by atoms with E-state index in [1.54, 1.807) is 25.2 Å². The predicted octanol–water partition coefficient (Wildman–Crippen LogP) is 0.554. The van der Waals surface area contributed by atoms with Crippen molar-refractivity contribution in [2.75, 3.05) is 20.3 Å². The van der Waals surface area contributed by atoms with Crippen LogP contribution in [0.5, 0.6) is 11.5 Å². The van der Waals surface area contributed by atoms with E-state index in [0.29, 0.717) is 30.3 Å². The Morgan fingerprint density at radius 2 is 2.05 bits per heavy atom. The number of hydrogen-bond acceptors (Lipinski definition) is 5. The lowest BCUT2D eigenvalue weighted by molar-refractivity contribution is -0.138. The Balaban J connectivity index is 2.18. The Kier molecular flexibility index (Phi) is 4.24. The fraction of sp³-hybridized carbons (Fsp3) is 0.462. The van der Waals surface area contributed by atoms with Gasteiger partial charge in [0, 0.05) is 6.04 Å². The number of carbonyl (C=O) groups is 1. The van der Waals surface area contributed by atoms with E-state index in [-0.39, 0.29) is 6.42 Å². The molecule has 3 N–H and O–H groups in total. The van der Waals surface area contributed by atoms with Gasteiger partial charge in [0.05, 0.1) is 12.5 Å². The highest BCUT2D eigenvalue weighted by Gasteiger charge is 2.23. The number of fused-ring (bicyclic) bond motifs is 1. The summed E-state index contributed by atoms with van der Waals surface area (Å²) in [6.07, 6.45) is -1.08. The highest BCUT2D eigenvalue weighted by Crippen LogP contribution is 2.33. The molecule has 1 aliphatic rings. The first-order valence-electron chi connectivity index (χ1n) is 6.08. The Hall–Kier alpha value is -1.79. The minimum absolute atomic E-state index is 0.161. The lowest BCUT2D eigenvalue weighted by atomic mass is 9.99. The molecule has 6 nitrogen and oxygen atoms in total. The minimum Gasteiger partial charge on any atom is -0.486 e. The molecule has 0 spiro atoms. The zero-order chi connectivity index (χ0) is 13.8. The third-order valence-corrected chi connectivity index (χ3v) is 3.05. The molecule has 2 unspecified atom stereocenters. The standard InChI is InChI=1S/C13H17NO5/c1-14-9(7-12(15)16)13(17)8-2-3-10-11(6-8)19-5-4-18-10/h2-3,6,9,13-14,17H,4-5,7H2,1H3,(H,15,16). The van der Waals surface area contributed by atoms with Gasteiger partial charge in [-0.05, 0) is 24.7 Å². The van der Waals surface area contributed by atoms with Gasteiger partial charge in [0.15, 0.2) is 11.5 Å². The third kappa shape index (κ3) is 3.15. The van der Waals surface area contributed by atoms with Crippen molar-refractivity contribution in [3.05, 3.63) is 23.8 Å². The summed E-state index contributed by atoms with van der Waals surface area (Å²) in [6.45, 7) is 0.976. The SMILES string of the molecule is CNC(CC(=O)O)C(O)c1ccc2c(c1)OCCO2. The molecular weight excluding hydrogens is 250 g/mol. The number of rotatable bonds is 5. The van der Waals surface area contributed by atoms with Crippen molar-refractivity contribution in [3.8, 4) is 11.5 Å². The van der Waals surface area contributed by atoms with Crippen molar-refractivity contribution in [1.82, 2.24) is 5.32 Å². The van der Waals surface area contributed by atoms with Gasteiger partial charge in [0.1, 0.15) is 13.2 Å². The molecule has 2 rings (SSSR count). The van der Waals surface area contributed by atoms with Gasteiger partial charge in [0.25, 0.3) is 0 Å². The van der Waals surface area contributed by atoms with Crippen LogP contribution in [0.4, 0.5) is 0 Å². The maximum atomic E-state index is 10.7. The highest BCUT2D eigenvalue weighted by molar-refractivity contribution is 5.67. The van der Waals surface area contributed by atoms with Gasteiger partial charge in [0.2, 0.25) is 0 Å². The Morgan fingerprint density at radius 3 is 2.68 bits per heavy atom. The Labute approximate surface area is 111 Å². The molecule has 104 valence electrons. The van der Waals surface area contributed by atoms with Gasteiger partial charge in [-0.2, -0.15) is 0 Å². The van der Waals surface area contributed by atoms with Crippen LogP contribution in [-0.4, -0.2) is 42.5 Å². The molecule has 1 aromatic rings. The lowest BCUT2D eigenvalue weighted by Crippen LogP contribution is -2.34. The molecule has 0 amide bonds. The largest absolute Gasteiger partial charge is 0.486 e. The van der Waals surface area contributed by atoms with Crippen LogP contribution in [0.15, 0.2) is 18.2 Å². The zero-order valence-electron chi connectivity index (χ0n) is 10.6. The van der Waals surface area contributed by atoms with E-state index in [4.69, 9.17) is 14.6 Å². The van der Waals surface area contributed by atoms with E-state index in [1.165, 1.54) is 0 Å². The van der Waals surface area contributed by atoms with E-state index >= 15 is 0 Å². The van der Waals surface area contributed by atoms with Gasteiger partial charge in [-0.1, -0.05) is 6.07 Å². The maximum absolute atomic E-state index is 10.7. The van der Waals surface area contributed by atoms with Crippen LogP contribution in [0.2, 0.25) is 0 Å². The molecule has 0 bridgehead atoms. The molecule has 0 saturated carbocycles. The number of aliphatic carboxylic acids is 1. The first-order chi connectivity index (χ1) is 9.11. The van der Waals surface area contributed by atoms with Crippen LogP contribution >= 0.6 is 0 Å². The van der Waals surface area contributed by atoms with Crippen LogP contribution < -0.4 is 14.8 Å². The van der Waals surface area contributed by atoms with Gasteiger partial charge in [-0.3, -0.25) is 4.79 Å². The number of aliphatic hydroxyl groups excluding tert-OH is 1. The molecule has 1 aliphatic heterocycles. The van der Waals surface area contributed by atoms with Crippen molar-refractivity contribution >= 4 is 5.97 Å². The summed E-state index contributed by atoms with van der Waals surface area (Å²) in [6, 6.07) is 4.57. The van der Waals surface area contributed by atoms with E-state index in [9.17, 15) is 9.90 Å². The normalized spacial score (nSPS) is 16.7. The number of ether oxygens (including phenoxy) is 2. The summed E-state index contributed by atoms with van der Waals surface area (Å²) in [5.41, 5.74) is 0.602. The molecule has 19 heavy (non-hydrogen) atoms. The first-order valence-corrected chi connectivity index (χ1v) is 6.08. The molecule has 0 aliphatic carbocycles. The second kappa shape index (κ2) is 5.90. The second-order valence-electron chi connectivity index (χ2n) is 4.34. The van der Waals surface area contributed by atoms with E-state index in [1.807, 2.05) is 0 Å². The Bertz CT molecular complexity index is 462. The summed E-state index contributed by atoms with van der Waals surface area (Å²) in [4.78, 5) is 10.7. The average Bonchev–Trinajstić information content (AvgIpc) is 2.43. The van der Waals surface area contributed by atoms with Gasteiger partial charge in [-0.25, -0.2) is 0 Å². The number of aliphatic hydroxyl groups is 1. The number of carboxylic acids is 1. The van der Waals surface area contributed by atoms with Crippen LogP contribution in [-0.2, 0) is 4.79 Å². The fourth-order valence-corrected chi connectivity index (χ4v) is 2.04. The first kappa shape index (κ1) is 13.6. The van der Waals surface area contributed by atoms with Crippen molar-refractivity contribution in [3.63, 3.8) is 0 Å². The van der Waals surface area contributed by atoms with Crippen LogP contribution in [0.3, 0.4) is 0 Å². The monoisotopic (exact) mass is 267 g/mol. The van der Waals surface area contributed by atoms with Crippen molar-refractivity contribution in [2.24, 2.45) is 0 Å². The second-order valence-corrected chi connectivity index (χ2v) is 4.34. The van der Waals surface area contributed by atoms with Crippen molar-refractivity contribution in [2.45, 2.75) is 18.6 Å². The number of benzene rings is 1. The summed E-state index contributed by atoms with van der Waals surface area (Å²) in [7, 11) is 1.62. The van der Waals surface area contributed by atoms with E-state index in [0.717, 1.165) is 0 Å². The van der Waals surface area contributed by atoms with Crippen molar-refractivity contribution in [1.29, 1.82) is 0 Å². The molecule has 0 saturated heterocycles. The molecule has 1 heterocycles. The van der Waals surface area contributed by atoms with Crippen LogP contribution in [0, 0.1) is 0 Å². The third-order valence-electron chi connectivity index (χ3n) is 3.05. The van der Waals surface area contributed by atoms with E-state index < -0.39 is 18.1 Å². The summed E-state index contributed by atoms with van der Waals surface area (Å²) in [5, 5.41) is 21.8. The quantitative estimate of drug-likeness (QED) is 0.722. The molecule has 1 aromatic carbocycles.